The van der Waals surface area contributed by atoms with E-state index in [4.69, 9.17) is 15.5 Å². The normalized spacial score (nSPS) is 15.7. The van der Waals surface area contributed by atoms with Crippen molar-refractivity contribution in [2.45, 2.75) is 29.4 Å². The number of aryl methyl sites for hydroxylation is 1. The van der Waals surface area contributed by atoms with E-state index in [0.717, 1.165) is 45.3 Å². The molecule has 0 amide bonds. The minimum Gasteiger partial charge on any atom is -0.611 e. The Bertz CT molecular complexity index is 1230. The Balaban J connectivity index is 1.65. The average Bonchev–Trinajstić information content (AvgIpc) is 3.23. The lowest BCUT2D eigenvalue weighted by atomic mass is 9.79. The van der Waals surface area contributed by atoms with Crippen LogP contribution >= 0.6 is 11.3 Å². The van der Waals surface area contributed by atoms with E-state index >= 15 is 0 Å². The van der Waals surface area contributed by atoms with Gasteiger partial charge in [-0.2, -0.15) is 5.10 Å². The summed E-state index contributed by atoms with van der Waals surface area (Å²) in [5.74, 6) is 0.905. The summed E-state index contributed by atoms with van der Waals surface area (Å²) in [6.45, 7) is 0.436. The first-order chi connectivity index (χ1) is 14.5. The lowest BCUT2D eigenvalue weighted by Gasteiger charge is -2.27. The molecule has 1 aliphatic rings. The standard InChI is InChI=1S/C21H23N5O2S2/c1-26-11-14-8-13(10-23-19(14)25-26)16-9-15(12-4-3-5-12)17-18(22)21(29-20(17)24-16)30(27)7-6-28-2/h8-12H,3-7,22H2,1-2H3/t30-/m1/s1. The molecule has 1 saturated carbocycles. The van der Waals surface area contributed by atoms with Crippen molar-refractivity contribution in [3.05, 3.63) is 30.1 Å². The number of anilines is 1. The Kier molecular flexibility index (Phi) is 5.14. The van der Waals surface area contributed by atoms with Crippen LogP contribution in [-0.4, -0.2) is 43.8 Å². The summed E-state index contributed by atoms with van der Waals surface area (Å²) >= 11 is 0.242. The zero-order valence-electron chi connectivity index (χ0n) is 16.9. The van der Waals surface area contributed by atoms with Crippen LogP contribution in [0.15, 0.2) is 28.7 Å². The SMILES string of the molecule is COCC[S@@+]([O-])c1sc2nc(-c3cnc4nn(C)cc4c3)cc(C3CCC3)c2c1N. The lowest BCUT2D eigenvalue weighted by molar-refractivity contribution is 0.217. The predicted octanol–water partition coefficient (Wildman–Crippen LogP) is 3.85. The number of hydrogen-bond donors (Lipinski definition) is 1. The van der Waals surface area contributed by atoms with E-state index in [-0.39, 0.29) is 0 Å². The Morgan fingerprint density at radius 2 is 2.20 bits per heavy atom. The van der Waals surface area contributed by atoms with Crippen LogP contribution in [0.2, 0.25) is 0 Å². The first-order valence-electron chi connectivity index (χ1n) is 9.95. The van der Waals surface area contributed by atoms with Gasteiger partial charge >= 0.3 is 0 Å². The molecule has 4 aromatic rings. The second-order valence-electron chi connectivity index (χ2n) is 7.69. The van der Waals surface area contributed by atoms with E-state index < -0.39 is 11.2 Å². The maximum atomic E-state index is 12.8. The van der Waals surface area contributed by atoms with Crippen molar-refractivity contribution < 1.29 is 9.29 Å². The minimum absolute atomic E-state index is 0.431. The molecule has 0 saturated heterocycles. The molecule has 0 aliphatic heterocycles. The van der Waals surface area contributed by atoms with Gasteiger partial charge in [-0.15, -0.1) is 0 Å². The topological polar surface area (TPSA) is 102 Å². The number of nitrogen functional groups attached to an aromatic ring is 1. The number of aromatic nitrogens is 4. The van der Waals surface area contributed by atoms with Gasteiger partial charge < -0.3 is 15.0 Å². The monoisotopic (exact) mass is 441 g/mol. The fourth-order valence-electron chi connectivity index (χ4n) is 3.91. The highest BCUT2D eigenvalue weighted by Gasteiger charge is 2.29. The Hall–Kier alpha value is -2.20. The minimum atomic E-state index is -1.19. The third-order valence-corrected chi connectivity index (χ3v) is 8.56. The van der Waals surface area contributed by atoms with Gasteiger partial charge in [0.05, 0.1) is 12.3 Å². The maximum absolute atomic E-state index is 12.8. The van der Waals surface area contributed by atoms with Crippen LogP contribution in [0.25, 0.3) is 32.5 Å². The number of nitrogens with zero attached hydrogens (tertiary/aromatic N) is 4. The molecule has 0 bridgehead atoms. The lowest BCUT2D eigenvalue weighted by Crippen LogP contribution is -2.12. The summed E-state index contributed by atoms with van der Waals surface area (Å²) in [6.07, 6.45) is 7.30. The molecule has 0 radical (unpaired) electrons. The van der Waals surface area contributed by atoms with Crippen LogP contribution in [-0.2, 0) is 23.0 Å². The first-order valence-corrected chi connectivity index (χ1v) is 12.1. The molecule has 7 nitrogen and oxygen atoms in total. The molecule has 1 aliphatic carbocycles. The van der Waals surface area contributed by atoms with Crippen molar-refractivity contribution in [3.63, 3.8) is 0 Å². The second-order valence-corrected chi connectivity index (χ2v) is 10.5. The van der Waals surface area contributed by atoms with E-state index in [1.807, 2.05) is 19.4 Å². The zero-order valence-corrected chi connectivity index (χ0v) is 18.6. The molecule has 9 heteroatoms. The van der Waals surface area contributed by atoms with Gasteiger partial charge in [0.15, 0.2) is 5.65 Å². The number of methoxy groups -OCH3 is 1. The highest BCUT2D eigenvalue weighted by molar-refractivity contribution is 7.93. The number of ether oxygens (including phenoxy) is 1. The average molecular weight is 442 g/mol. The van der Waals surface area contributed by atoms with Gasteiger partial charge in [-0.25, -0.2) is 9.97 Å². The van der Waals surface area contributed by atoms with Crippen molar-refractivity contribution in [2.24, 2.45) is 7.05 Å². The van der Waals surface area contributed by atoms with Crippen molar-refractivity contribution >= 4 is 49.5 Å². The molecule has 0 spiro atoms. The van der Waals surface area contributed by atoms with Crippen LogP contribution in [0.4, 0.5) is 5.69 Å². The first kappa shape index (κ1) is 19.7. The number of hydrogen-bond acceptors (Lipinski definition) is 7. The molecule has 156 valence electrons. The molecule has 0 aromatic carbocycles. The Morgan fingerprint density at radius 1 is 1.37 bits per heavy atom. The van der Waals surface area contributed by atoms with Crippen LogP contribution in [0.3, 0.4) is 0 Å². The van der Waals surface area contributed by atoms with Crippen LogP contribution in [0.1, 0.15) is 30.7 Å². The number of rotatable bonds is 6. The number of pyridine rings is 2. The molecule has 2 N–H and O–H groups in total. The summed E-state index contributed by atoms with van der Waals surface area (Å²) < 4.78 is 20.3. The smallest absolute Gasteiger partial charge is 0.232 e. The molecule has 4 aromatic heterocycles. The number of fused-ring (bicyclic) bond motifs is 2. The van der Waals surface area contributed by atoms with Gasteiger partial charge in [-0.05, 0) is 36.5 Å². The molecular weight excluding hydrogens is 418 g/mol. The van der Waals surface area contributed by atoms with Crippen LogP contribution in [0, 0.1) is 0 Å². The van der Waals surface area contributed by atoms with E-state index in [2.05, 4.69) is 22.2 Å². The third-order valence-electron chi connectivity index (χ3n) is 5.69. The van der Waals surface area contributed by atoms with Crippen molar-refractivity contribution in [1.82, 2.24) is 19.7 Å². The fourth-order valence-corrected chi connectivity index (χ4v) is 6.48. The van der Waals surface area contributed by atoms with Crippen molar-refractivity contribution in [1.29, 1.82) is 0 Å². The van der Waals surface area contributed by atoms with Gasteiger partial charge in [-0.3, -0.25) is 4.68 Å². The Labute approximate surface area is 181 Å². The summed E-state index contributed by atoms with van der Waals surface area (Å²) in [5, 5.41) is 6.31. The number of nitrogens with two attached hydrogens (primary N) is 1. The van der Waals surface area contributed by atoms with E-state index in [1.165, 1.54) is 23.3 Å². The summed E-state index contributed by atoms with van der Waals surface area (Å²) in [6, 6.07) is 4.22. The Morgan fingerprint density at radius 3 is 2.93 bits per heavy atom. The number of thiophene rings is 1. The van der Waals surface area contributed by atoms with Gasteiger partial charge in [0.1, 0.15) is 16.3 Å². The second kappa shape index (κ2) is 7.81. The summed E-state index contributed by atoms with van der Waals surface area (Å²) in [5.41, 5.74) is 10.9. The van der Waals surface area contributed by atoms with Crippen molar-refractivity contribution in [3.8, 4) is 11.3 Å². The molecule has 1 fully saturated rings. The fraction of sp³-hybridized carbons (Fsp3) is 0.381. The van der Waals surface area contributed by atoms with Crippen LogP contribution in [0.5, 0.6) is 0 Å². The molecule has 0 unspecified atom stereocenters. The predicted molar refractivity (Wildman–Crippen MR) is 121 cm³/mol. The van der Waals surface area contributed by atoms with Gasteiger partial charge in [0.2, 0.25) is 4.21 Å². The highest BCUT2D eigenvalue weighted by atomic mass is 32.2. The quantitative estimate of drug-likeness (QED) is 0.456. The van der Waals surface area contributed by atoms with Gasteiger partial charge in [-0.1, -0.05) is 17.8 Å². The van der Waals surface area contributed by atoms with Crippen LogP contribution < -0.4 is 5.73 Å². The largest absolute Gasteiger partial charge is 0.611 e. The highest BCUT2D eigenvalue weighted by Crippen LogP contribution is 2.46. The molecule has 4 heterocycles. The molecular formula is C21H23N5O2S2. The zero-order chi connectivity index (χ0) is 20.8. The van der Waals surface area contributed by atoms with Gasteiger partial charge in [0.25, 0.3) is 0 Å². The van der Waals surface area contributed by atoms with E-state index in [0.29, 0.717) is 28.2 Å². The van der Waals surface area contributed by atoms with E-state index in [1.54, 1.807) is 11.8 Å². The molecule has 1 atom stereocenters. The van der Waals surface area contributed by atoms with Gasteiger partial charge in [0, 0.05) is 54.1 Å². The molecule has 30 heavy (non-hydrogen) atoms. The van der Waals surface area contributed by atoms with Crippen molar-refractivity contribution in [2.75, 3.05) is 25.2 Å². The molecule has 5 rings (SSSR count). The van der Waals surface area contributed by atoms with E-state index in [9.17, 15) is 4.55 Å². The summed E-state index contributed by atoms with van der Waals surface area (Å²) in [4.78, 5) is 10.3. The maximum Gasteiger partial charge on any atom is 0.232 e. The third kappa shape index (κ3) is 3.35. The summed E-state index contributed by atoms with van der Waals surface area (Å²) in [7, 11) is 3.50.